The number of likely N-dealkylation sites (N-methyl/N-ethyl adjacent to an activating group) is 1. The van der Waals surface area contributed by atoms with Gasteiger partial charge in [0.15, 0.2) is 0 Å². The molecule has 0 aliphatic heterocycles. The number of rotatable bonds is 6. The van der Waals surface area contributed by atoms with Crippen LogP contribution in [0.2, 0.25) is 5.15 Å². The summed E-state index contributed by atoms with van der Waals surface area (Å²) in [6.45, 7) is 7.25. The monoisotopic (exact) mass is 305 g/mol. The van der Waals surface area contributed by atoms with Gasteiger partial charge in [-0.15, -0.1) is 0 Å². The molecule has 4 heteroatoms. The van der Waals surface area contributed by atoms with Crippen LogP contribution in [-0.2, 0) is 19.9 Å². The van der Waals surface area contributed by atoms with Crippen LogP contribution < -0.4 is 5.32 Å². The highest BCUT2D eigenvalue weighted by molar-refractivity contribution is 6.30. The van der Waals surface area contributed by atoms with E-state index >= 15 is 0 Å². The second-order valence-electron chi connectivity index (χ2n) is 5.39. The standard InChI is InChI=1S/C17H24ClN3/c1-5-13-7-9-14(10-8-13)16(19-6-2)11-15-12(3)20-21(4)17(15)18/h7-10,16,19H,5-6,11H2,1-4H3. The number of aryl methyl sites for hydroxylation is 3. The van der Waals surface area contributed by atoms with Crippen molar-refractivity contribution >= 4 is 11.6 Å². The predicted molar refractivity (Wildman–Crippen MR) is 88.9 cm³/mol. The lowest BCUT2D eigenvalue weighted by molar-refractivity contribution is 0.548. The van der Waals surface area contributed by atoms with Crippen molar-refractivity contribution in [3.05, 3.63) is 51.8 Å². The van der Waals surface area contributed by atoms with E-state index in [4.69, 9.17) is 11.6 Å². The number of halogens is 1. The Balaban J connectivity index is 2.25. The van der Waals surface area contributed by atoms with Gasteiger partial charge in [-0.05, 0) is 37.4 Å². The number of nitrogens with one attached hydrogen (secondary N) is 1. The van der Waals surface area contributed by atoms with E-state index in [0.717, 1.165) is 35.8 Å². The zero-order chi connectivity index (χ0) is 15.4. The Labute approximate surface area is 132 Å². The fraction of sp³-hybridized carbons (Fsp3) is 0.471. The maximum atomic E-state index is 6.37. The Hall–Kier alpha value is -1.32. The van der Waals surface area contributed by atoms with Crippen LogP contribution in [0.5, 0.6) is 0 Å². The average Bonchev–Trinajstić information content (AvgIpc) is 2.73. The molecule has 1 aromatic carbocycles. The van der Waals surface area contributed by atoms with E-state index in [9.17, 15) is 0 Å². The Morgan fingerprint density at radius 2 is 1.90 bits per heavy atom. The van der Waals surface area contributed by atoms with Gasteiger partial charge in [0.25, 0.3) is 0 Å². The Morgan fingerprint density at radius 1 is 1.24 bits per heavy atom. The van der Waals surface area contributed by atoms with Crippen LogP contribution in [0.15, 0.2) is 24.3 Å². The lowest BCUT2D eigenvalue weighted by atomic mass is 9.98. The molecule has 1 aromatic heterocycles. The van der Waals surface area contributed by atoms with Gasteiger partial charge in [-0.3, -0.25) is 4.68 Å². The Kier molecular flexibility index (Phi) is 5.43. The highest BCUT2D eigenvalue weighted by atomic mass is 35.5. The topological polar surface area (TPSA) is 29.9 Å². The van der Waals surface area contributed by atoms with Crippen LogP contribution in [0, 0.1) is 6.92 Å². The predicted octanol–water partition coefficient (Wildman–Crippen LogP) is 3.84. The van der Waals surface area contributed by atoms with Gasteiger partial charge in [0.1, 0.15) is 5.15 Å². The molecule has 21 heavy (non-hydrogen) atoms. The number of nitrogens with zero attached hydrogens (tertiary/aromatic N) is 2. The van der Waals surface area contributed by atoms with Gasteiger partial charge in [0.05, 0.1) is 5.69 Å². The summed E-state index contributed by atoms with van der Waals surface area (Å²) in [7, 11) is 1.89. The molecule has 0 bridgehead atoms. The molecule has 1 N–H and O–H groups in total. The van der Waals surface area contributed by atoms with E-state index in [1.165, 1.54) is 11.1 Å². The van der Waals surface area contributed by atoms with Crippen LogP contribution in [-0.4, -0.2) is 16.3 Å². The van der Waals surface area contributed by atoms with Crippen LogP contribution >= 0.6 is 11.6 Å². The highest BCUT2D eigenvalue weighted by Crippen LogP contribution is 2.26. The molecule has 0 saturated carbocycles. The van der Waals surface area contributed by atoms with Gasteiger partial charge in [0.2, 0.25) is 0 Å². The molecule has 0 aliphatic rings. The fourth-order valence-corrected chi connectivity index (χ4v) is 2.90. The summed E-state index contributed by atoms with van der Waals surface area (Å²) < 4.78 is 1.75. The minimum atomic E-state index is 0.265. The second kappa shape index (κ2) is 7.10. The zero-order valence-electron chi connectivity index (χ0n) is 13.3. The molecule has 0 aliphatic carbocycles. The first-order valence-corrected chi connectivity index (χ1v) is 7.94. The second-order valence-corrected chi connectivity index (χ2v) is 5.75. The molecule has 0 amide bonds. The smallest absolute Gasteiger partial charge is 0.130 e. The molecule has 114 valence electrons. The molecule has 0 radical (unpaired) electrons. The molecule has 3 nitrogen and oxygen atoms in total. The van der Waals surface area contributed by atoms with Crippen molar-refractivity contribution in [3.8, 4) is 0 Å². The zero-order valence-corrected chi connectivity index (χ0v) is 14.0. The van der Waals surface area contributed by atoms with E-state index in [0.29, 0.717) is 0 Å². The SMILES string of the molecule is CCNC(Cc1c(C)nn(C)c1Cl)c1ccc(CC)cc1. The molecule has 2 aromatic rings. The molecule has 1 atom stereocenters. The summed E-state index contributed by atoms with van der Waals surface area (Å²) in [6.07, 6.45) is 1.93. The molecule has 1 unspecified atom stereocenters. The van der Waals surface area contributed by atoms with E-state index in [2.05, 4.69) is 48.5 Å². The molecule has 2 rings (SSSR count). The summed E-state index contributed by atoms with van der Waals surface area (Å²) in [5.74, 6) is 0. The number of hydrogen-bond donors (Lipinski definition) is 1. The van der Waals surface area contributed by atoms with Gasteiger partial charge < -0.3 is 5.32 Å². The number of benzene rings is 1. The summed E-state index contributed by atoms with van der Waals surface area (Å²) in [5.41, 5.74) is 4.80. The van der Waals surface area contributed by atoms with Crippen molar-refractivity contribution in [2.45, 2.75) is 39.7 Å². The minimum absolute atomic E-state index is 0.265. The normalized spacial score (nSPS) is 12.6. The maximum absolute atomic E-state index is 6.37. The van der Waals surface area contributed by atoms with E-state index in [-0.39, 0.29) is 6.04 Å². The van der Waals surface area contributed by atoms with Gasteiger partial charge in [0, 0.05) is 18.7 Å². The van der Waals surface area contributed by atoms with Crippen LogP contribution in [0.1, 0.15) is 42.3 Å². The third-order valence-electron chi connectivity index (χ3n) is 3.92. The van der Waals surface area contributed by atoms with Gasteiger partial charge in [-0.1, -0.05) is 49.7 Å². The molecule has 1 heterocycles. The molecule has 0 spiro atoms. The maximum Gasteiger partial charge on any atom is 0.130 e. The van der Waals surface area contributed by atoms with Gasteiger partial charge in [-0.25, -0.2) is 0 Å². The Morgan fingerprint density at radius 3 is 2.38 bits per heavy atom. The first kappa shape index (κ1) is 16.1. The van der Waals surface area contributed by atoms with Gasteiger partial charge >= 0.3 is 0 Å². The van der Waals surface area contributed by atoms with Crippen molar-refractivity contribution in [2.75, 3.05) is 6.54 Å². The average molecular weight is 306 g/mol. The summed E-state index contributed by atoms with van der Waals surface area (Å²) in [4.78, 5) is 0. The van der Waals surface area contributed by atoms with Crippen LogP contribution in [0.25, 0.3) is 0 Å². The summed E-state index contributed by atoms with van der Waals surface area (Å²) >= 11 is 6.37. The summed E-state index contributed by atoms with van der Waals surface area (Å²) in [6, 6.07) is 9.10. The van der Waals surface area contributed by atoms with Crippen molar-refractivity contribution in [2.24, 2.45) is 7.05 Å². The van der Waals surface area contributed by atoms with Crippen LogP contribution in [0.3, 0.4) is 0 Å². The molecular formula is C17H24ClN3. The first-order chi connectivity index (χ1) is 10.1. The van der Waals surface area contributed by atoms with E-state index < -0.39 is 0 Å². The minimum Gasteiger partial charge on any atom is -0.310 e. The van der Waals surface area contributed by atoms with E-state index in [1.807, 2.05) is 14.0 Å². The first-order valence-electron chi connectivity index (χ1n) is 7.57. The fourth-order valence-electron chi connectivity index (χ4n) is 2.65. The quantitative estimate of drug-likeness (QED) is 0.879. The van der Waals surface area contributed by atoms with Crippen molar-refractivity contribution in [3.63, 3.8) is 0 Å². The molecular weight excluding hydrogens is 282 g/mol. The van der Waals surface area contributed by atoms with Crippen LogP contribution in [0.4, 0.5) is 0 Å². The number of aromatic nitrogens is 2. The third kappa shape index (κ3) is 3.66. The largest absolute Gasteiger partial charge is 0.310 e. The van der Waals surface area contributed by atoms with Crippen molar-refractivity contribution < 1.29 is 0 Å². The van der Waals surface area contributed by atoms with Crippen molar-refractivity contribution in [1.29, 1.82) is 0 Å². The Bertz CT molecular complexity index is 587. The third-order valence-corrected chi connectivity index (χ3v) is 4.39. The number of hydrogen-bond acceptors (Lipinski definition) is 2. The lowest BCUT2D eigenvalue weighted by Gasteiger charge is -2.19. The van der Waals surface area contributed by atoms with Crippen molar-refractivity contribution in [1.82, 2.24) is 15.1 Å². The molecule has 0 fully saturated rings. The van der Waals surface area contributed by atoms with Gasteiger partial charge in [-0.2, -0.15) is 5.10 Å². The molecule has 0 saturated heterocycles. The van der Waals surface area contributed by atoms with E-state index in [1.54, 1.807) is 4.68 Å². The highest BCUT2D eigenvalue weighted by Gasteiger charge is 2.18. The lowest BCUT2D eigenvalue weighted by Crippen LogP contribution is -2.23. The summed E-state index contributed by atoms with van der Waals surface area (Å²) in [5, 5.41) is 8.69.